The lowest BCUT2D eigenvalue weighted by Gasteiger charge is -2.23. The number of halogens is 1. The quantitative estimate of drug-likeness (QED) is 0.747. The van der Waals surface area contributed by atoms with Gasteiger partial charge in [-0.15, -0.1) is 6.58 Å². The Kier molecular flexibility index (Phi) is 5.08. The van der Waals surface area contributed by atoms with Gasteiger partial charge >= 0.3 is 0 Å². The average molecular weight is 351 g/mol. The number of aromatic carboxylic acids is 1. The fourth-order valence-electron chi connectivity index (χ4n) is 2.00. The molecule has 2 aromatic carbocycles. The van der Waals surface area contributed by atoms with Crippen LogP contribution >= 0.6 is 11.6 Å². The standard InChI is InChI=1S/C16H14ClNO4S/c1-2-10-18(12-6-4-3-5-7-12)23(21,22)13-8-9-15(17)14(11-13)16(19)20/h2-9,11H,1,10H2,(H,19,20)/p-1. The Balaban J connectivity index is 2.57. The molecule has 0 heterocycles. The number of hydrogen-bond acceptors (Lipinski definition) is 4. The zero-order chi connectivity index (χ0) is 17.0. The van der Waals surface area contributed by atoms with Gasteiger partial charge in [0.1, 0.15) is 0 Å². The lowest BCUT2D eigenvalue weighted by molar-refractivity contribution is -0.255. The highest BCUT2D eigenvalue weighted by Crippen LogP contribution is 2.26. The molecule has 23 heavy (non-hydrogen) atoms. The molecule has 0 aliphatic heterocycles. The van der Waals surface area contributed by atoms with E-state index in [1.807, 2.05) is 0 Å². The zero-order valence-electron chi connectivity index (χ0n) is 12.0. The average Bonchev–Trinajstić information content (AvgIpc) is 2.53. The zero-order valence-corrected chi connectivity index (χ0v) is 13.5. The van der Waals surface area contributed by atoms with E-state index in [0.717, 1.165) is 10.4 Å². The van der Waals surface area contributed by atoms with Crippen molar-refractivity contribution in [2.45, 2.75) is 4.90 Å². The summed E-state index contributed by atoms with van der Waals surface area (Å²) in [5.41, 5.74) is 0.0664. The number of carbonyl (C=O) groups is 1. The van der Waals surface area contributed by atoms with Crippen molar-refractivity contribution in [3.05, 3.63) is 71.8 Å². The van der Waals surface area contributed by atoms with Crippen LogP contribution in [-0.2, 0) is 10.0 Å². The minimum atomic E-state index is -3.98. The summed E-state index contributed by atoms with van der Waals surface area (Å²) < 4.78 is 26.8. The van der Waals surface area contributed by atoms with E-state index in [2.05, 4.69) is 6.58 Å². The van der Waals surface area contributed by atoms with Crippen LogP contribution in [0.15, 0.2) is 66.1 Å². The highest BCUT2D eigenvalue weighted by Gasteiger charge is 2.24. The van der Waals surface area contributed by atoms with Gasteiger partial charge in [-0.05, 0) is 30.3 Å². The van der Waals surface area contributed by atoms with Crippen molar-refractivity contribution in [1.29, 1.82) is 0 Å². The van der Waals surface area contributed by atoms with Gasteiger partial charge in [-0.3, -0.25) is 4.31 Å². The number of rotatable bonds is 6. The molecule has 0 saturated heterocycles. The van der Waals surface area contributed by atoms with Gasteiger partial charge in [-0.2, -0.15) is 0 Å². The number of carboxylic acids is 1. The van der Waals surface area contributed by atoms with Crippen LogP contribution < -0.4 is 9.41 Å². The highest BCUT2D eigenvalue weighted by molar-refractivity contribution is 7.92. The predicted molar refractivity (Wildman–Crippen MR) is 87.0 cm³/mol. The number of carboxylic acid groups (broad SMARTS) is 1. The summed E-state index contributed by atoms with van der Waals surface area (Å²) in [7, 11) is -3.98. The van der Waals surface area contributed by atoms with Gasteiger partial charge in [0.2, 0.25) is 0 Å². The third kappa shape index (κ3) is 3.55. The molecule has 0 radical (unpaired) electrons. The van der Waals surface area contributed by atoms with Gasteiger partial charge in [0.15, 0.2) is 0 Å². The van der Waals surface area contributed by atoms with Gasteiger partial charge in [0, 0.05) is 10.6 Å². The molecule has 0 aliphatic rings. The Morgan fingerprint density at radius 3 is 2.43 bits per heavy atom. The van der Waals surface area contributed by atoms with E-state index >= 15 is 0 Å². The molecule has 0 saturated carbocycles. The van der Waals surface area contributed by atoms with E-state index in [4.69, 9.17) is 11.6 Å². The van der Waals surface area contributed by atoms with E-state index in [1.54, 1.807) is 30.3 Å². The van der Waals surface area contributed by atoms with Crippen molar-refractivity contribution in [1.82, 2.24) is 0 Å². The maximum Gasteiger partial charge on any atom is 0.264 e. The number of carbonyl (C=O) groups excluding carboxylic acids is 1. The minimum absolute atomic E-state index is 0.0373. The van der Waals surface area contributed by atoms with E-state index in [0.29, 0.717) is 5.69 Å². The van der Waals surface area contributed by atoms with Crippen LogP contribution in [0, 0.1) is 0 Å². The Labute approximate surface area is 139 Å². The van der Waals surface area contributed by atoms with Crippen molar-refractivity contribution in [2.24, 2.45) is 0 Å². The van der Waals surface area contributed by atoms with Gasteiger partial charge < -0.3 is 9.90 Å². The van der Waals surface area contributed by atoms with Crippen LogP contribution in [0.1, 0.15) is 10.4 Å². The SMILES string of the molecule is C=CCN(c1ccccc1)S(=O)(=O)c1ccc(Cl)c(C(=O)[O-])c1. The van der Waals surface area contributed by atoms with Crippen LogP contribution in [0.3, 0.4) is 0 Å². The van der Waals surface area contributed by atoms with Gasteiger partial charge in [0.05, 0.1) is 23.1 Å². The molecule has 5 nitrogen and oxygen atoms in total. The lowest BCUT2D eigenvalue weighted by Crippen LogP contribution is -2.31. The molecule has 2 aromatic rings. The number of para-hydroxylation sites is 1. The summed E-state index contributed by atoms with van der Waals surface area (Å²) in [6, 6.07) is 11.9. The van der Waals surface area contributed by atoms with E-state index in [-0.39, 0.29) is 22.0 Å². The van der Waals surface area contributed by atoms with E-state index in [1.165, 1.54) is 18.2 Å². The molecule has 120 valence electrons. The van der Waals surface area contributed by atoms with Crippen molar-refractivity contribution >= 4 is 33.3 Å². The molecule has 0 unspecified atom stereocenters. The first-order valence-electron chi connectivity index (χ1n) is 6.57. The maximum absolute atomic E-state index is 12.8. The Morgan fingerprint density at radius 2 is 1.87 bits per heavy atom. The second-order valence-electron chi connectivity index (χ2n) is 4.59. The molecular formula is C16H13ClNO4S-. The second-order valence-corrected chi connectivity index (χ2v) is 6.86. The molecular weight excluding hydrogens is 338 g/mol. The first kappa shape index (κ1) is 17.1. The molecule has 0 fully saturated rings. The lowest BCUT2D eigenvalue weighted by atomic mass is 10.2. The van der Waals surface area contributed by atoms with Crippen molar-refractivity contribution in [2.75, 3.05) is 10.8 Å². The minimum Gasteiger partial charge on any atom is -0.545 e. The molecule has 0 aliphatic carbocycles. The molecule has 2 rings (SSSR count). The highest BCUT2D eigenvalue weighted by atomic mass is 35.5. The van der Waals surface area contributed by atoms with Gasteiger partial charge in [-0.1, -0.05) is 35.9 Å². The smallest absolute Gasteiger partial charge is 0.264 e. The predicted octanol–water partition coefficient (Wildman–Crippen LogP) is 2.08. The number of sulfonamides is 1. The van der Waals surface area contributed by atoms with Crippen LogP contribution in [-0.4, -0.2) is 20.9 Å². The molecule has 7 heteroatoms. The summed E-state index contributed by atoms with van der Waals surface area (Å²) in [5, 5.41) is 11.0. The third-order valence-corrected chi connectivity index (χ3v) is 5.20. The Bertz CT molecular complexity index is 834. The summed E-state index contributed by atoms with van der Waals surface area (Å²) >= 11 is 5.75. The van der Waals surface area contributed by atoms with Crippen molar-refractivity contribution in [3.63, 3.8) is 0 Å². The van der Waals surface area contributed by atoms with E-state index < -0.39 is 16.0 Å². The Morgan fingerprint density at radius 1 is 1.22 bits per heavy atom. The van der Waals surface area contributed by atoms with Crippen molar-refractivity contribution < 1.29 is 18.3 Å². The summed E-state index contributed by atoms with van der Waals surface area (Å²) in [6.45, 7) is 3.60. The maximum atomic E-state index is 12.8. The van der Waals surface area contributed by atoms with Gasteiger partial charge in [0.25, 0.3) is 10.0 Å². The number of nitrogens with zero attached hydrogens (tertiary/aromatic N) is 1. The van der Waals surface area contributed by atoms with Crippen LogP contribution in [0.4, 0.5) is 5.69 Å². The van der Waals surface area contributed by atoms with Crippen LogP contribution in [0.25, 0.3) is 0 Å². The van der Waals surface area contributed by atoms with Crippen LogP contribution in [0.2, 0.25) is 5.02 Å². The van der Waals surface area contributed by atoms with E-state index in [9.17, 15) is 18.3 Å². The summed E-state index contributed by atoms with van der Waals surface area (Å²) in [4.78, 5) is 10.9. The Hall–Kier alpha value is -2.31. The summed E-state index contributed by atoms with van der Waals surface area (Å²) in [5.74, 6) is -1.54. The van der Waals surface area contributed by atoms with Crippen LogP contribution in [0.5, 0.6) is 0 Å². The molecule has 0 atom stereocenters. The molecule has 0 aromatic heterocycles. The monoisotopic (exact) mass is 350 g/mol. The first-order chi connectivity index (χ1) is 10.9. The summed E-state index contributed by atoms with van der Waals surface area (Å²) in [6.07, 6.45) is 1.44. The number of anilines is 1. The largest absolute Gasteiger partial charge is 0.545 e. The fraction of sp³-hybridized carbons (Fsp3) is 0.0625. The molecule has 0 spiro atoms. The fourth-order valence-corrected chi connectivity index (χ4v) is 3.66. The molecule has 0 amide bonds. The molecule has 0 bridgehead atoms. The second kappa shape index (κ2) is 6.85. The van der Waals surface area contributed by atoms with Gasteiger partial charge in [-0.25, -0.2) is 8.42 Å². The first-order valence-corrected chi connectivity index (χ1v) is 8.39. The topological polar surface area (TPSA) is 77.5 Å². The van der Waals surface area contributed by atoms with Crippen molar-refractivity contribution in [3.8, 4) is 0 Å². The molecule has 0 N–H and O–H groups in total. The number of benzene rings is 2. The number of hydrogen-bond donors (Lipinski definition) is 0. The third-order valence-electron chi connectivity index (χ3n) is 3.08. The normalized spacial score (nSPS) is 11.0.